The first-order chi connectivity index (χ1) is 13.6. The lowest BCUT2D eigenvalue weighted by atomic mass is 10.1. The van der Waals surface area contributed by atoms with Gasteiger partial charge in [-0.05, 0) is 37.5 Å². The van der Waals surface area contributed by atoms with Gasteiger partial charge in [0, 0.05) is 19.2 Å². The van der Waals surface area contributed by atoms with Crippen molar-refractivity contribution in [2.24, 2.45) is 0 Å². The molecule has 1 aromatic carbocycles. The quantitative estimate of drug-likeness (QED) is 0.677. The van der Waals surface area contributed by atoms with E-state index in [1.165, 1.54) is 6.20 Å². The zero-order valence-electron chi connectivity index (χ0n) is 16.0. The van der Waals surface area contributed by atoms with Crippen LogP contribution < -0.4 is 4.74 Å². The Morgan fingerprint density at radius 1 is 1.25 bits per heavy atom. The molecule has 7 nitrogen and oxygen atoms in total. The molecule has 0 radical (unpaired) electrons. The topological polar surface area (TPSA) is 81.4 Å². The Bertz CT molecular complexity index is 968. The number of methoxy groups -OCH3 is 1. The fourth-order valence-corrected chi connectivity index (χ4v) is 3.46. The number of benzene rings is 1. The van der Waals surface area contributed by atoms with Crippen molar-refractivity contribution in [3.05, 3.63) is 71.5 Å². The van der Waals surface area contributed by atoms with Crippen molar-refractivity contribution >= 4 is 5.91 Å². The van der Waals surface area contributed by atoms with Gasteiger partial charge in [0.2, 0.25) is 5.89 Å². The maximum Gasteiger partial charge on any atom is 0.274 e. The smallest absolute Gasteiger partial charge is 0.274 e. The van der Waals surface area contributed by atoms with Crippen molar-refractivity contribution in [3.63, 3.8) is 0 Å². The molecule has 0 N–H and O–H groups in total. The van der Waals surface area contributed by atoms with Crippen LogP contribution in [0.15, 0.2) is 47.3 Å². The summed E-state index contributed by atoms with van der Waals surface area (Å²) in [6.07, 6.45) is 7.22. The van der Waals surface area contributed by atoms with Crippen LogP contribution in [0.4, 0.5) is 0 Å². The first kappa shape index (κ1) is 18.2. The molecule has 3 aromatic rings. The standard InChI is InChI=1S/C21H22N4O3/c1-14-11-23-18(13-22-14)21(26)25-8-4-7-19(25)20-24-12-17(28-20)10-15-5-3-6-16(9-15)27-2/h3,5-6,9,11-13,19H,4,7-8,10H2,1-2H3/t19-/m1/s1. The fourth-order valence-electron chi connectivity index (χ4n) is 3.46. The predicted molar refractivity (Wildman–Crippen MR) is 102 cm³/mol. The first-order valence-electron chi connectivity index (χ1n) is 9.31. The van der Waals surface area contributed by atoms with Crippen LogP contribution in [-0.4, -0.2) is 39.4 Å². The molecule has 0 unspecified atom stereocenters. The fraction of sp³-hybridized carbons (Fsp3) is 0.333. The minimum Gasteiger partial charge on any atom is -0.497 e. The van der Waals surface area contributed by atoms with Gasteiger partial charge < -0.3 is 14.1 Å². The van der Waals surface area contributed by atoms with E-state index in [0.29, 0.717) is 24.6 Å². The van der Waals surface area contributed by atoms with E-state index in [0.717, 1.165) is 35.6 Å². The van der Waals surface area contributed by atoms with Crippen LogP contribution in [0, 0.1) is 6.92 Å². The lowest BCUT2D eigenvalue weighted by molar-refractivity contribution is 0.0708. The van der Waals surface area contributed by atoms with Crippen LogP contribution in [0.25, 0.3) is 0 Å². The van der Waals surface area contributed by atoms with Gasteiger partial charge in [-0.15, -0.1) is 0 Å². The summed E-state index contributed by atoms with van der Waals surface area (Å²) in [5.74, 6) is 2.01. The summed E-state index contributed by atoms with van der Waals surface area (Å²) in [5, 5.41) is 0. The summed E-state index contributed by atoms with van der Waals surface area (Å²) >= 11 is 0. The number of hydrogen-bond acceptors (Lipinski definition) is 6. The largest absolute Gasteiger partial charge is 0.497 e. The average Bonchev–Trinajstić information content (AvgIpc) is 3.37. The van der Waals surface area contributed by atoms with Crippen molar-refractivity contribution in [2.75, 3.05) is 13.7 Å². The van der Waals surface area contributed by atoms with Crippen LogP contribution in [0.1, 0.15) is 52.3 Å². The highest BCUT2D eigenvalue weighted by Gasteiger charge is 2.34. The summed E-state index contributed by atoms with van der Waals surface area (Å²) in [6.45, 7) is 2.50. The number of rotatable bonds is 5. The number of amides is 1. The van der Waals surface area contributed by atoms with E-state index >= 15 is 0 Å². The maximum absolute atomic E-state index is 12.9. The Labute approximate surface area is 163 Å². The number of carbonyl (C=O) groups excluding carboxylic acids is 1. The van der Waals surface area contributed by atoms with Crippen molar-refractivity contribution in [1.82, 2.24) is 19.9 Å². The first-order valence-corrected chi connectivity index (χ1v) is 9.31. The Morgan fingerprint density at radius 3 is 2.93 bits per heavy atom. The van der Waals surface area contributed by atoms with Crippen LogP contribution in [-0.2, 0) is 6.42 Å². The van der Waals surface area contributed by atoms with Gasteiger partial charge in [-0.1, -0.05) is 12.1 Å². The Kier molecular flexibility index (Phi) is 5.06. The Hall–Kier alpha value is -3.22. The molecule has 28 heavy (non-hydrogen) atoms. The number of hydrogen-bond donors (Lipinski definition) is 0. The lowest BCUT2D eigenvalue weighted by Crippen LogP contribution is -2.31. The molecule has 1 aliphatic rings. The van der Waals surface area contributed by atoms with Crippen molar-refractivity contribution in [3.8, 4) is 5.75 Å². The van der Waals surface area contributed by atoms with Crippen LogP contribution >= 0.6 is 0 Å². The Morgan fingerprint density at radius 2 is 2.14 bits per heavy atom. The summed E-state index contributed by atoms with van der Waals surface area (Å²) < 4.78 is 11.3. The second-order valence-corrected chi connectivity index (χ2v) is 6.89. The molecule has 3 heterocycles. The van der Waals surface area contributed by atoms with E-state index in [9.17, 15) is 4.79 Å². The van der Waals surface area contributed by atoms with Crippen molar-refractivity contribution in [2.45, 2.75) is 32.2 Å². The van der Waals surface area contributed by atoms with E-state index in [-0.39, 0.29) is 11.9 Å². The number of likely N-dealkylation sites (tertiary alicyclic amines) is 1. The molecule has 1 atom stereocenters. The summed E-state index contributed by atoms with van der Waals surface area (Å²) in [5.41, 5.74) is 2.21. The van der Waals surface area contributed by atoms with E-state index < -0.39 is 0 Å². The van der Waals surface area contributed by atoms with Crippen molar-refractivity contribution in [1.29, 1.82) is 0 Å². The minimum absolute atomic E-state index is 0.137. The summed E-state index contributed by atoms with van der Waals surface area (Å²) in [7, 11) is 1.65. The highest BCUT2D eigenvalue weighted by molar-refractivity contribution is 5.92. The molecular formula is C21H22N4O3. The molecule has 1 amide bonds. The highest BCUT2D eigenvalue weighted by atomic mass is 16.5. The predicted octanol–water partition coefficient (Wildman–Crippen LogP) is 3.35. The summed E-state index contributed by atoms with van der Waals surface area (Å²) in [6, 6.07) is 7.68. The SMILES string of the molecule is COc1cccc(Cc2cnc([C@H]3CCCN3C(=O)c3cnc(C)cn3)o2)c1. The second-order valence-electron chi connectivity index (χ2n) is 6.89. The van der Waals surface area contributed by atoms with E-state index in [1.54, 1.807) is 24.4 Å². The summed E-state index contributed by atoms with van der Waals surface area (Å²) in [4.78, 5) is 27.5. The van der Waals surface area contributed by atoms with Gasteiger partial charge >= 0.3 is 0 Å². The molecule has 2 aromatic heterocycles. The molecule has 1 fully saturated rings. The molecule has 1 saturated heterocycles. The van der Waals surface area contributed by atoms with Crippen LogP contribution in [0.2, 0.25) is 0 Å². The third-order valence-electron chi connectivity index (χ3n) is 4.88. The number of ether oxygens (including phenoxy) is 1. The van der Waals surface area contributed by atoms with Gasteiger partial charge in [-0.25, -0.2) is 9.97 Å². The number of aromatic nitrogens is 3. The zero-order chi connectivity index (χ0) is 19.5. The third-order valence-corrected chi connectivity index (χ3v) is 4.88. The zero-order valence-corrected chi connectivity index (χ0v) is 16.0. The van der Waals surface area contributed by atoms with Gasteiger partial charge in [-0.3, -0.25) is 9.78 Å². The van der Waals surface area contributed by atoms with Gasteiger partial charge in [0.15, 0.2) is 0 Å². The maximum atomic E-state index is 12.9. The number of aryl methyl sites for hydroxylation is 1. The van der Waals surface area contributed by atoms with Gasteiger partial charge in [0.05, 0.1) is 25.2 Å². The molecule has 0 aliphatic carbocycles. The molecule has 1 aliphatic heterocycles. The van der Waals surface area contributed by atoms with Crippen LogP contribution in [0.5, 0.6) is 5.75 Å². The normalized spacial score (nSPS) is 16.4. The second kappa shape index (κ2) is 7.80. The minimum atomic E-state index is -0.172. The van der Waals surface area contributed by atoms with Crippen LogP contribution in [0.3, 0.4) is 0 Å². The highest BCUT2D eigenvalue weighted by Crippen LogP contribution is 2.33. The third kappa shape index (κ3) is 3.74. The van der Waals surface area contributed by atoms with E-state index in [1.807, 2.05) is 31.2 Å². The van der Waals surface area contributed by atoms with Gasteiger partial charge in [0.1, 0.15) is 23.2 Å². The molecule has 0 spiro atoms. The van der Waals surface area contributed by atoms with E-state index in [2.05, 4.69) is 15.0 Å². The molecule has 0 saturated carbocycles. The lowest BCUT2D eigenvalue weighted by Gasteiger charge is -2.21. The van der Waals surface area contributed by atoms with Crippen molar-refractivity contribution < 1.29 is 13.9 Å². The number of oxazole rings is 1. The monoisotopic (exact) mass is 378 g/mol. The Balaban J connectivity index is 1.50. The van der Waals surface area contributed by atoms with Gasteiger partial charge in [0.25, 0.3) is 5.91 Å². The number of nitrogens with zero attached hydrogens (tertiary/aromatic N) is 4. The van der Waals surface area contributed by atoms with E-state index in [4.69, 9.17) is 9.15 Å². The average molecular weight is 378 g/mol. The number of carbonyl (C=O) groups is 1. The molecule has 0 bridgehead atoms. The molecular weight excluding hydrogens is 356 g/mol. The molecule has 7 heteroatoms. The molecule has 4 rings (SSSR count). The van der Waals surface area contributed by atoms with Gasteiger partial charge in [-0.2, -0.15) is 0 Å². The molecule has 144 valence electrons.